The molecule has 0 saturated carbocycles. The number of nitrogens with zero attached hydrogens (tertiary/aromatic N) is 2. The molecule has 1 rings (SSSR count). The molecule has 0 aliphatic carbocycles. The summed E-state index contributed by atoms with van der Waals surface area (Å²) in [6.07, 6.45) is 0. The smallest absolute Gasteiger partial charge is 0.0729 e. The van der Waals surface area contributed by atoms with Gasteiger partial charge in [0.2, 0.25) is 0 Å². The molecule has 0 bridgehead atoms. The first-order valence-corrected chi connectivity index (χ1v) is 4.33. The van der Waals surface area contributed by atoms with Gasteiger partial charge in [0, 0.05) is 17.7 Å². The number of ether oxygens (including phenoxy) is 1. The van der Waals surface area contributed by atoms with Crippen LogP contribution in [-0.4, -0.2) is 23.5 Å². The second-order valence-electron chi connectivity index (χ2n) is 2.74. The van der Waals surface area contributed by atoms with Crippen molar-refractivity contribution in [3.05, 3.63) is 11.4 Å². The Morgan fingerprint density at radius 1 is 1.50 bits per heavy atom. The Bertz CT molecular complexity index is 270. The van der Waals surface area contributed by atoms with Gasteiger partial charge in [-0.3, -0.25) is 4.68 Å². The summed E-state index contributed by atoms with van der Waals surface area (Å²) in [6, 6.07) is 0. The summed E-state index contributed by atoms with van der Waals surface area (Å²) < 4.78 is 6.88. The van der Waals surface area contributed by atoms with E-state index in [1.165, 1.54) is 0 Å². The molecule has 0 aromatic carbocycles. The molecule has 0 spiro atoms. The molecule has 12 heavy (non-hydrogen) atoms. The van der Waals surface area contributed by atoms with Gasteiger partial charge in [0.1, 0.15) is 0 Å². The van der Waals surface area contributed by atoms with Gasteiger partial charge >= 0.3 is 0 Å². The second-order valence-corrected chi connectivity index (χ2v) is 3.18. The van der Waals surface area contributed by atoms with Crippen LogP contribution in [0.5, 0.6) is 0 Å². The molecule has 0 N–H and O–H groups in total. The van der Waals surface area contributed by atoms with Gasteiger partial charge in [0.05, 0.1) is 18.8 Å². The van der Waals surface area contributed by atoms with E-state index in [0.29, 0.717) is 6.61 Å². The third kappa shape index (κ3) is 1.81. The van der Waals surface area contributed by atoms with E-state index in [-0.39, 0.29) is 0 Å². The number of aromatic nitrogens is 2. The molecule has 3 nitrogen and oxygen atoms in total. The first kappa shape index (κ1) is 9.61. The molecule has 68 valence electrons. The molecule has 0 unspecified atom stereocenters. The molecule has 0 radical (unpaired) electrons. The molecule has 0 fully saturated rings. The maximum Gasteiger partial charge on any atom is 0.0729 e. The van der Waals surface area contributed by atoms with E-state index < -0.39 is 0 Å². The lowest BCUT2D eigenvalue weighted by molar-refractivity contribution is 0.182. The fraction of sp³-hybridized carbons (Fsp3) is 0.625. The average Bonchev–Trinajstić information content (AvgIpc) is 2.30. The number of hydrogen-bond donors (Lipinski definition) is 1. The minimum atomic E-state index is 0.690. The monoisotopic (exact) mass is 186 g/mol. The summed E-state index contributed by atoms with van der Waals surface area (Å²) in [7, 11) is 1.69. The largest absolute Gasteiger partial charge is 0.383 e. The maximum absolute atomic E-state index is 4.96. The van der Waals surface area contributed by atoms with Crippen LogP contribution in [0.1, 0.15) is 11.4 Å². The van der Waals surface area contributed by atoms with Crippen LogP contribution in [0.15, 0.2) is 4.90 Å². The van der Waals surface area contributed by atoms with Crippen molar-refractivity contribution in [2.75, 3.05) is 13.7 Å². The van der Waals surface area contributed by atoms with E-state index >= 15 is 0 Å². The Balaban J connectivity index is 2.79. The molecule has 4 heteroatoms. The standard InChI is InChI=1S/C8H14N2OS/c1-6-8(12)7(2)10(9-6)4-5-11-3/h12H,4-5H2,1-3H3. The summed E-state index contributed by atoms with van der Waals surface area (Å²) in [4.78, 5) is 0.978. The lowest BCUT2D eigenvalue weighted by Gasteiger charge is -2.02. The Morgan fingerprint density at radius 3 is 2.58 bits per heavy atom. The first-order valence-electron chi connectivity index (χ1n) is 3.88. The van der Waals surface area contributed by atoms with Crippen molar-refractivity contribution in [3.63, 3.8) is 0 Å². The highest BCUT2D eigenvalue weighted by atomic mass is 32.1. The van der Waals surface area contributed by atoms with E-state index in [1.54, 1.807) is 7.11 Å². The summed E-state index contributed by atoms with van der Waals surface area (Å²) in [5.74, 6) is 0. The quantitative estimate of drug-likeness (QED) is 0.723. The predicted molar refractivity (Wildman–Crippen MR) is 50.8 cm³/mol. The molecule has 1 aromatic heterocycles. The normalized spacial score (nSPS) is 10.7. The van der Waals surface area contributed by atoms with Crippen LogP contribution in [0.4, 0.5) is 0 Å². The van der Waals surface area contributed by atoms with Crippen LogP contribution in [0.2, 0.25) is 0 Å². The van der Waals surface area contributed by atoms with Crippen molar-refractivity contribution in [2.45, 2.75) is 25.3 Å². The number of methoxy groups -OCH3 is 1. The molecular formula is C8H14N2OS. The summed E-state index contributed by atoms with van der Waals surface area (Å²) in [5, 5.41) is 4.31. The summed E-state index contributed by atoms with van der Waals surface area (Å²) in [5.41, 5.74) is 2.08. The molecule has 0 amide bonds. The van der Waals surface area contributed by atoms with E-state index in [4.69, 9.17) is 4.74 Å². The van der Waals surface area contributed by atoms with Gasteiger partial charge < -0.3 is 4.74 Å². The van der Waals surface area contributed by atoms with Crippen LogP contribution in [0.3, 0.4) is 0 Å². The van der Waals surface area contributed by atoms with E-state index in [1.807, 2.05) is 18.5 Å². The minimum Gasteiger partial charge on any atom is -0.383 e. The van der Waals surface area contributed by atoms with Crippen LogP contribution in [-0.2, 0) is 11.3 Å². The van der Waals surface area contributed by atoms with Gasteiger partial charge in [-0.1, -0.05) is 0 Å². The Hall–Kier alpha value is -0.480. The molecule has 1 heterocycles. The highest BCUT2D eigenvalue weighted by molar-refractivity contribution is 7.80. The average molecular weight is 186 g/mol. The minimum absolute atomic E-state index is 0.690. The van der Waals surface area contributed by atoms with Crippen molar-refractivity contribution in [1.82, 2.24) is 9.78 Å². The molecule has 1 aromatic rings. The Morgan fingerprint density at radius 2 is 2.17 bits per heavy atom. The van der Waals surface area contributed by atoms with Crippen molar-refractivity contribution in [3.8, 4) is 0 Å². The van der Waals surface area contributed by atoms with E-state index in [0.717, 1.165) is 22.8 Å². The van der Waals surface area contributed by atoms with Crippen molar-refractivity contribution in [1.29, 1.82) is 0 Å². The third-order valence-electron chi connectivity index (χ3n) is 1.85. The first-order chi connectivity index (χ1) is 5.66. The molecule has 0 atom stereocenters. The summed E-state index contributed by atoms with van der Waals surface area (Å²) >= 11 is 4.33. The number of rotatable bonds is 3. The van der Waals surface area contributed by atoms with Gasteiger partial charge in [-0.2, -0.15) is 5.10 Å². The van der Waals surface area contributed by atoms with Crippen molar-refractivity contribution < 1.29 is 4.74 Å². The van der Waals surface area contributed by atoms with Crippen LogP contribution < -0.4 is 0 Å². The van der Waals surface area contributed by atoms with Crippen LogP contribution >= 0.6 is 12.6 Å². The lowest BCUT2D eigenvalue weighted by Crippen LogP contribution is -2.07. The number of hydrogen-bond acceptors (Lipinski definition) is 3. The molecule has 0 aliphatic heterocycles. The van der Waals surface area contributed by atoms with E-state index in [9.17, 15) is 0 Å². The predicted octanol–water partition coefficient (Wildman–Crippen LogP) is 1.44. The number of aryl methyl sites for hydroxylation is 1. The lowest BCUT2D eigenvalue weighted by atomic mass is 10.4. The van der Waals surface area contributed by atoms with Crippen molar-refractivity contribution in [2.24, 2.45) is 0 Å². The number of thiol groups is 1. The van der Waals surface area contributed by atoms with Crippen LogP contribution in [0, 0.1) is 13.8 Å². The van der Waals surface area contributed by atoms with Gasteiger partial charge in [0.15, 0.2) is 0 Å². The molecule has 0 aliphatic rings. The van der Waals surface area contributed by atoms with Gasteiger partial charge in [0.25, 0.3) is 0 Å². The fourth-order valence-corrected chi connectivity index (χ4v) is 1.24. The Labute approximate surface area is 78.1 Å². The Kier molecular flexibility index (Phi) is 3.17. The topological polar surface area (TPSA) is 27.1 Å². The highest BCUT2D eigenvalue weighted by Crippen LogP contribution is 2.16. The fourth-order valence-electron chi connectivity index (χ4n) is 1.08. The van der Waals surface area contributed by atoms with E-state index in [2.05, 4.69) is 17.7 Å². The zero-order chi connectivity index (χ0) is 9.14. The van der Waals surface area contributed by atoms with Gasteiger partial charge in [-0.15, -0.1) is 12.6 Å². The van der Waals surface area contributed by atoms with Gasteiger partial charge in [-0.25, -0.2) is 0 Å². The van der Waals surface area contributed by atoms with Crippen molar-refractivity contribution >= 4 is 12.6 Å². The third-order valence-corrected chi connectivity index (χ3v) is 2.50. The van der Waals surface area contributed by atoms with Crippen LogP contribution in [0.25, 0.3) is 0 Å². The van der Waals surface area contributed by atoms with Gasteiger partial charge in [-0.05, 0) is 13.8 Å². The second kappa shape index (κ2) is 3.96. The molecule has 0 saturated heterocycles. The highest BCUT2D eigenvalue weighted by Gasteiger charge is 2.06. The SMILES string of the molecule is COCCn1nc(C)c(S)c1C. The maximum atomic E-state index is 4.96. The zero-order valence-corrected chi connectivity index (χ0v) is 8.56. The molecular weight excluding hydrogens is 172 g/mol. The zero-order valence-electron chi connectivity index (χ0n) is 7.66. The summed E-state index contributed by atoms with van der Waals surface area (Å²) in [6.45, 7) is 5.45.